The Morgan fingerprint density at radius 3 is 2.39 bits per heavy atom. The van der Waals surface area contributed by atoms with E-state index in [1.165, 1.54) is 18.9 Å². The van der Waals surface area contributed by atoms with Crippen LogP contribution >= 0.6 is 0 Å². The highest BCUT2D eigenvalue weighted by atomic mass is 16.4. The van der Waals surface area contributed by atoms with Gasteiger partial charge < -0.3 is 10.4 Å². The molecule has 0 aliphatic carbocycles. The summed E-state index contributed by atoms with van der Waals surface area (Å²) in [6.07, 6.45) is 0. The van der Waals surface area contributed by atoms with Gasteiger partial charge in [-0.15, -0.1) is 0 Å². The van der Waals surface area contributed by atoms with Crippen molar-refractivity contribution in [3.05, 3.63) is 29.8 Å². The maximum Gasteiger partial charge on any atom is 0.325 e. The van der Waals surface area contributed by atoms with Crippen LogP contribution in [0.1, 0.15) is 12.5 Å². The van der Waals surface area contributed by atoms with Gasteiger partial charge in [0.05, 0.1) is 11.6 Å². The van der Waals surface area contributed by atoms with Crippen LogP contribution in [0.3, 0.4) is 0 Å². The van der Waals surface area contributed by atoms with Crippen LogP contribution in [0.2, 0.25) is 0 Å². The summed E-state index contributed by atoms with van der Waals surface area (Å²) in [5.74, 6) is -1.10. The van der Waals surface area contributed by atoms with Gasteiger partial charge in [-0.05, 0) is 31.2 Å². The van der Waals surface area contributed by atoms with Crippen molar-refractivity contribution >= 4 is 17.7 Å². The summed E-state index contributed by atoms with van der Waals surface area (Å²) in [6.45, 7) is 1.38. The monoisotopic (exact) mass is 247 g/mol. The number of benzene rings is 1. The van der Waals surface area contributed by atoms with Crippen molar-refractivity contribution < 1.29 is 14.7 Å². The molecule has 6 nitrogen and oxygen atoms in total. The van der Waals surface area contributed by atoms with Crippen molar-refractivity contribution in [3.8, 4) is 6.07 Å². The minimum Gasteiger partial charge on any atom is -0.480 e. The predicted molar refractivity (Wildman–Crippen MR) is 65.2 cm³/mol. The number of carbonyl (C=O) groups is 2. The second kappa shape index (κ2) is 5.68. The molecule has 0 heterocycles. The molecule has 6 heteroatoms. The fraction of sp³-hybridized carbons (Fsp3) is 0.250. The van der Waals surface area contributed by atoms with Crippen LogP contribution in [-0.4, -0.2) is 30.2 Å². The van der Waals surface area contributed by atoms with Crippen LogP contribution in [-0.2, 0) is 4.79 Å². The molecule has 0 saturated heterocycles. The van der Waals surface area contributed by atoms with Gasteiger partial charge >= 0.3 is 12.0 Å². The van der Waals surface area contributed by atoms with Crippen molar-refractivity contribution in [3.63, 3.8) is 0 Å². The number of carboxylic acids is 1. The number of urea groups is 1. The fourth-order valence-corrected chi connectivity index (χ4v) is 1.22. The SMILES string of the molecule is CC(NC(=O)N(C)c1ccc(C#N)cc1)C(=O)O. The molecule has 0 bridgehead atoms. The Morgan fingerprint density at radius 1 is 1.39 bits per heavy atom. The normalized spacial score (nSPS) is 11.2. The molecule has 2 N–H and O–H groups in total. The number of carbonyl (C=O) groups excluding carboxylic acids is 1. The number of aliphatic carboxylic acids is 1. The Morgan fingerprint density at radius 2 is 1.94 bits per heavy atom. The molecule has 1 atom stereocenters. The van der Waals surface area contributed by atoms with Crippen molar-refractivity contribution in [1.82, 2.24) is 5.32 Å². The van der Waals surface area contributed by atoms with E-state index in [4.69, 9.17) is 10.4 Å². The van der Waals surface area contributed by atoms with E-state index in [-0.39, 0.29) is 0 Å². The van der Waals surface area contributed by atoms with Gasteiger partial charge in [0.25, 0.3) is 0 Å². The van der Waals surface area contributed by atoms with Crippen LogP contribution in [0.15, 0.2) is 24.3 Å². The van der Waals surface area contributed by atoms with E-state index in [1.54, 1.807) is 24.3 Å². The number of nitrogens with zero attached hydrogens (tertiary/aromatic N) is 2. The second-order valence-corrected chi connectivity index (χ2v) is 3.73. The van der Waals surface area contributed by atoms with Crippen molar-refractivity contribution in [1.29, 1.82) is 5.26 Å². The third-order valence-electron chi connectivity index (χ3n) is 2.40. The zero-order valence-electron chi connectivity index (χ0n) is 10.0. The third-order valence-corrected chi connectivity index (χ3v) is 2.40. The van der Waals surface area contributed by atoms with Crippen molar-refractivity contribution in [2.24, 2.45) is 0 Å². The lowest BCUT2D eigenvalue weighted by atomic mass is 10.2. The van der Waals surface area contributed by atoms with E-state index in [0.29, 0.717) is 11.3 Å². The van der Waals surface area contributed by atoms with Gasteiger partial charge in [0, 0.05) is 12.7 Å². The highest BCUT2D eigenvalue weighted by Gasteiger charge is 2.17. The lowest BCUT2D eigenvalue weighted by Crippen LogP contribution is -2.45. The number of hydrogen-bond acceptors (Lipinski definition) is 3. The Hall–Kier alpha value is -2.55. The Balaban J connectivity index is 2.74. The molecular weight excluding hydrogens is 234 g/mol. The molecule has 1 aromatic rings. The average molecular weight is 247 g/mol. The van der Waals surface area contributed by atoms with Crippen molar-refractivity contribution in [2.75, 3.05) is 11.9 Å². The molecule has 0 fully saturated rings. The molecule has 1 rings (SSSR count). The van der Waals surface area contributed by atoms with Crippen LogP contribution in [0, 0.1) is 11.3 Å². The van der Waals surface area contributed by atoms with Crippen LogP contribution in [0.25, 0.3) is 0 Å². The van der Waals surface area contributed by atoms with Gasteiger partial charge in [0.2, 0.25) is 0 Å². The highest BCUT2D eigenvalue weighted by Crippen LogP contribution is 2.13. The first kappa shape index (κ1) is 13.5. The summed E-state index contributed by atoms with van der Waals surface area (Å²) in [6, 6.07) is 6.89. The van der Waals surface area contributed by atoms with E-state index < -0.39 is 18.0 Å². The number of nitriles is 1. The number of rotatable bonds is 3. The van der Waals surface area contributed by atoms with Gasteiger partial charge in [-0.1, -0.05) is 0 Å². The molecule has 94 valence electrons. The molecule has 18 heavy (non-hydrogen) atoms. The Bertz CT molecular complexity index is 490. The van der Waals surface area contributed by atoms with E-state index in [1.807, 2.05) is 6.07 Å². The lowest BCUT2D eigenvalue weighted by Gasteiger charge is -2.19. The second-order valence-electron chi connectivity index (χ2n) is 3.73. The first-order valence-corrected chi connectivity index (χ1v) is 5.23. The number of carboxylic acid groups (broad SMARTS) is 1. The van der Waals surface area contributed by atoms with Gasteiger partial charge in [0.15, 0.2) is 0 Å². The van der Waals surface area contributed by atoms with Gasteiger partial charge in [-0.3, -0.25) is 9.69 Å². The lowest BCUT2D eigenvalue weighted by molar-refractivity contribution is -0.138. The molecule has 0 aromatic heterocycles. The van der Waals surface area contributed by atoms with Gasteiger partial charge in [0.1, 0.15) is 6.04 Å². The fourth-order valence-electron chi connectivity index (χ4n) is 1.22. The van der Waals surface area contributed by atoms with E-state index in [9.17, 15) is 9.59 Å². The molecule has 0 radical (unpaired) electrons. The summed E-state index contributed by atoms with van der Waals surface area (Å²) in [5, 5.41) is 19.7. The number of amides is 2. The number of anilines is 1. The minimum atomic E-state index is -1.10. The molecule has 0 aliphatic heterocycles. The van der Waals surface area contributed by atoms with Crippen LogP contribution < -0.4 is 10.2 Å². The predicted octanol–water partition coefficient (Wildman–Crippen LogP) is 1.18. The Kier molecular flexibility index (Phi) is 4.27. The standard InChI is InChI=1S/C12H13N3O3/c1-8(11(16)17)14-12(18)15(2)10-5-3-9(7-13)4-6-10/h3-6,8H,1-2H3,(H,14,18)(H,16,17). The molecule has 0 aliphatic rings. The summed E-state index contributed by atoms with van der Waals surface area (Å²) in [4.78, 5) is 23.6. The number of nitrogens with one attached hydrogen (secondary N) is 1. The van der Waals surface area contributed by atoms with E-state index in [2.05, 4.69) is 5.32 Å². The molecule has 1 aromatic carbocycles. The molecule has 2 amide bonds. The third kappa shape index (κ3) is 3.22. The van der Waals surface area contributed by atoms with Crippen LogP contribution in [0.5, 0.6) is 0 Å². The molecule has 0 saturated carbocycles. The topological polar surface area (TPSA) is 93.4 Å². The van der Waals surface area contributed by atoms with Gasteiger partial charge in [-0.25, -0.2) is 4.79 Å². The average Bonchev–Trinajstić information content (AvgIpc) is 2.37. The first-order valence-electron chi connectivity index (χ1n) is 5.23. The largest absolute Gasteiger partial charge is 0.480 e. The zero-order chi connectivity index (χ0) is 13.7. The number of hydrogen-bond donors (Lipinski definition) is 2. The summed E-state index contributed by atoms with van der Waals surface area (Å²) in [7, 11) is 1.52. The zero-order valence-corrected chi connectivity index (χ0v) is 10.0. The smallest absolute Gasteiger partial charge is 0.325 e. The van der Waals surface area contributed by atoms with E-state index in [0.717, 1.165) is 0 Å². The molecular formula is C12H13N3O3. The maximum atomic E-state index is 11.7. The maximum absolute atomic E-state index is 11.7. The summed E-state index contributed by atoms with van der Waals surface area (Å²) >= 11 is 0. The summed E-state index contributed by atoms with van der Waals surface area (Å²) < 4.78 is 0. The Labute approximate surface area is 104 Å². The quantitative estimate of drug-likeness (QED) is 0.838. The van der Waals surface area contributed by atoms with Crippen LogP contribution in [0.4, 0.5) is 10.5 Å². The van der Waals surface area contributed by atoms with Gasteiger partial charge in [-0.2, -0.15) is 5.26 Å². The van der Waals surface area contributed by atoms with Crippen molar-refractivity contribution in [2.45, 2.75) is 13.0 Å². The summed E-state index contributed by atoms with van der Waals surface area (Å²) in [5.41, 5.74) is 1.07. The molecule has 0 spiro atoms. The van der Waals surface area contributed by atoms with E-state index >= 15 is 0 Å². The highest BCUT2D eigenvalue weighted by molar-refractivity contribution is 5.93. The minimum absolute atomic E-state index is 0.492. The first-order chi connectivity index (χ1) is 8.45. The molecule has 1 unspecified atom stereocenters.